The molecule has 1 aromatic carbocycles. The predicted molar refractivity (Wildman–Crippen MR) is 85.4 cm³/mol. The van der Waals surface area contributed by atoms with Crippen LogP contribution < -0.4 is 14.8 Å². The van der Waals surface area contributed by atoms with Crippen molar-refractivity contribution < 1.29 is 14.3 Å². The van der Waals surface area contributed by atoms with Gasteiger partial charge in [0.2, 0.25) is 12.7 Å². The van der Waals surface area contributed by atoms with E-state index in [1.807, 2.05) is 18.2 Å². The van der Waals surface area contributed by atoms with Gasteiger partial charge in [-0.05, 0) is 43.5 Å². The summed E-state index contributed by atoms with van der Waals surface area (Å²) >= 11 is 0. The van der Waals surface area contributed by atoms with Crippen molar-refractivity contribution in [1.29, 1.82) is 0 Å². The van der Waals surface area contributed by atoms with Crippen LogP contribution in [-0.4, -0.2) is 12.7 Å². The lowest BCUT2D eigenvalue weighted by atomic mass is 10.1. The largest absolute Gasteiger partial charge is 0.454 e. The van der Waals surface area contributed by atoms with Crippen LogP contribution in [0.2, 0.25) is 0 Å². The van der Waals surface area contributed by atoms with Gasteiger partial charge in [0.25, 0.3) is 0 Å². The maximum atomic E-state index is 12.0. The summed E-state index contributed by atoms with van der Waals surface area (Å²) in [7, 11) is 0. The van der Waals surface area contributed by atoms with Crippen LogP contribution in [0.1, 0.15) is 31.7 Å². The Morgan fingerprint density at radius 1 is 1.18 bits per heavy atom. The second kappa shape index (κ2) is 6.52. The van der Waals surface area contributed by atoms with Crippen molar-refractivity contribution in [3.63, 3.8) is 0 Å². The Kier molecular flexibility index (Phi) is 4.28. The molecule has 0 unspecified atom stereocenters. The average molecular weight is 297 g/mol. The molecule has 0 saturated heterocycles. The first-order valence-electron chi connectivity index (χ1n) is 7.44. The van der Waals surface area contributed by atoms with E-state index in [9.17, 15) is 4.79 Å². The van der Waals surface area contributed by atoms with E-state index in [0.717, 1.165) is 42.0 Å². The van der Waals surface area contributed by atoms with Gasteiger partial charge in [0, 0.05) is 18.2 Å². The lowest BCUT2D eigenvalue weighted by Crippen LogP contribution is -2.20. The maximum Gasteiger partial charge on any atom is 0.248 e. The van der Waals surface area contributed by atoms with Gasteiger partial charge in [-0.2, -0.15) is 0 Å². The average Bonchev–Trinajstić information content (AvgIpc) is 2.87. The number of carbonyl (C=O) groups is 1. The molecule has 114 valence electrons. The zero-order chi connectivity index (χ0) is 15.4. The number of hydrogen-bond acceptors (Lipinski definition) is 3. The van der Waals surface area contributed by atoms with Gasteiger partial charge >= 0.3 is 0 Å². The minimum absolute atomic E-state index is 0.112. The summed E-state index contributed by atoms with van der Waals surface area (Å²) in [5.74, 6) is 1.35. The topological polar surface area (TPSA) is 47.6 Å². The van der Waals surface area contributed by atoms with E-state index in [4.69, 9.17) is 9.47 Å². The number of allylic oxidation sites excluding steroid dienone is 3. The van der Waals surface area contributed by atoms with E-state index < -0.39 is 0 Å². The minimum Gasteiger partial charge on any atom is -0.454 e. The molecule has 1 aliphatic heterocycles. The van der Waals surface area contributed by atoms with Crippen molar-refractivity contribution in [2.24, 2.45) is 0 Å². The molecular formula is C18H19NO3. The van der Waals surface area contributed by atoms with Crippen LogP contribution in [0.4, 0.5) is 0 Å². The van der Waals surface area contributed by atoms with Gasteiger partial charge in [-0.1, -0.05) is 23.8 Å². The number of amides is 1. The molecule has 0 spiro atoms. The highest BCUT2D eigenvalue weighted by atomic mass is 16.7. The first-order chi connectivity index (χ1) is 10.7. The lowest BCUT2D eigenvalue weighted by Gasteiger charge is -2.07. The summed E-state index contributed by atoms with van der Waals surface area (Å²) in [6.07, 6.45) is 10.5. The van der Waals surface area contributed by atoms with Crippen LogP contribution in [-0.2, 0) is 4.79 Å². The molecule has 0 atom stereocenters. The summed E-state index contributed by atoms with van der Waals surface area (Å²) < 4.78 is 10.6. The lowest BCUT2D eigenvalue weighted by molar-refractivity contribution is -0.115. The van der Waals surface area contributed by atoms with E-state index in [0.29, 0.717) is 0 Å². The van der Waals surface area contributed by atoms with E-state index in [1.165, 1.54) is 5.57 Å². The fourth-order valence-electron chi connectivity index (χ4n) is 2.52. The molecule has 0 saturated carbocycles. The molecule has 0 fully saturated rings. The molecule has 4 nitrogen and oxygen atoms in total. The second-order valence-electron chi connectivity index (χ2n) is 5.47. The molecule has 1 aromatic rings. The van der Waals surface area contributed by atoms with Crippen molar-refractivity contribution in [2.75, 3.05) is 6.79 Å². The zero-order valence-corrected chi connectivity index (χ0v) is 12.6. The first kappa shape index (κ1) is 14.4. The van der Waals surface area contributed by atoms with Gasteiger partial charge in [-0.25, -0.2) is 0 Å². The molecule has 2 aliphatic rings. The number of fused-ring (bicyclic) bond motifs is 1. The summed E-state index contributed by atoms with van der Waals surface area (Å²) in [5, 5.41) is 2.95. The molecular weight excluding hydrogens is 278 g/mol. The van der Waals surface area contributed by atoms with Gasteiger partial charge < -0.3 is 14.8 Å². The van der Waals surface area contributed by atoms with Crippen molar-refractivity contribution >= 4 is 12.0 Å². The SMILES string of the molecule is CC1=CCCC=C(NC(=O)/C=C/c2ccc3c(c2)OCO3)C1. The van der Waals surface area contributed by atoms with Crippen LogP contribution in [0, 0.1) is 0 Å². The van der Waals surface area contributed by atoms with Crippen molar-refractivity contribution in [3.05, 3.63) is 53.3 Å². The number of carbonyl (C=O) groups excluding carboxylic acids is 1. The molecule has 0 aromatic heterocycles. The number of benzene rings is 1. The maximum absolute atomic E-state index is 12.0. The van der Waals surface area contributed by atoms with Gasteiger partial charge in [0.1, 0.15) is 0 Å². The summed E-state index contributed by atoms with van der Waals surface area (Å²) in [6.45, 7) is 2.35. The smallest absolute Gasteiger partial charge is 0.248 e. The third-order valence-corrected chi connectivity index (χ3v) is 3.63. The van der Waals surface area contributed by atoms with E-state index in [-0.39, 0.29) is 12.7 Å². The van der Waals surface area contributed by atoms with Crippen molar-refractivity contribution in [2.45, 2.75) is 26.2 Å². The monoisotopic (exact) mass is 297 g/mol. The second-order valence-corrected chi connectivity index (χ2v) is 5.47. The zero-order valence-electron chi connectivity index (χ0n) is 12.6. The molecule has 1 amide bonds. The summed E-state index contributed by atoms with van der Waals surface area (Å²) in [4.78, 5) is 12.0. The van der Waals surface area contributed by atoms with E-state index >= 15 is 0 Å². The quantitative estimate of drug-likeness (QED) is 0.685. The molecule has 4 heteroatoms. The molecule has 22 heavy (non-hydrogen) atoms. The molecule has 1 heterocycles. The fraction of sp³-hybridized carbons (Fsp3) is 0.278. The number of ether oxygens (including phenoxy) is 2. The highest BCUT2D eigenvalue weighted by Crippen LogP contribution is 2.32. The van der Waals surface area contributed by atoms with Crippen LogP contribution in [0.15, 0.2) is 47.7 Å². The van der Waals surface area contributed by atoms with Crippen LogP contribution >= 0.6 is 0 Å². The molecule has 0 bridgehead atoms. The first-order valence-corrected chi connectivity index (χ1v) is 7.44. The van der Waals surface area contributed by atoms with Crippen molar-refractivity contribution in [1.82, 2.24) is 5.32 Å². The molecule has 0 radical (unpaired) electrons. The Balaban J connectivity index is 1.61. The third kappa shape index (κ3) is 3.58. The molecule has 1 N–H and O–H groups in total. The normalized spacial score (nSPS) is 17.0. The van der Waals surface area contributed by atoms with Gasteiger partial charge in [-0.15, -0.1) is 0 Å². The Morgan fingerprint density at radius 3 is 2.91 bits per heavy atom. The number of hydrogen-bond donors (Lipinski definition) is 1. The number of rotatable bonds is 3. The van der Waals surface area contributed by atoms with Gasteiger partial charge in [0.15, 0.2) is 11.5 Å². The van der Waals surface area contributed by atoms with Crippen molar-refractivity contribution in [3.8, 4) is 11.5 Å². The van der Waals surface area contributed by atoms with Crippen LogP contribution in [0.3, 0.4) is 0 Å². The molecule has 1 aliphatic carbocycles. The Hall–Kier alpha value is -2.49. The minimum atomic E-state index is -0.112. The summed E-state index contributed by atoms with van der Waals surface area (Å²) in [6, 6.07) is 5.61. The van der Waals surface area contributed by atoms with Gasteiger partial charge in [0.05, 0.1) is 0 Å². The highest BCUT2D eigenvalue weighted by Gasteiger charge is 2.12. The van der Waals surface area contributed by atoms with Crippen LogP contribution in [0.5, 0.6) is 11.5 Å². The predicted octanol–water partition coefficient (Wildman–Crippen LogP) is 3.56. The van der Waals surface area contributed by atoms with Crippen LogP contribution in [0.25, 0.3) is 6.08 Å². The number of nitrogens with one attached hydrogen (secondary N) is 1. The van der Waals surface area contributed by atoms with Gasteiger partial charge in [-0.3, -0.25) is 4.79 Å². The highest BCUT2D eigenvalue weighted by molar-refractivity contribution is 5.93. The summed E-state index contributed by atoms with van der Waals surface area (Å²) in [5.41, 5.74) is 3.18. The standard InChI is InChI=1S/C18H19NO3/c1-13-4-2-3-5-15(10-13)19-18(20)9-7-14-6-8-16-17(11-14)22-12-21-16/h4-9,11H,2-3,10,12H2,1H3,(H,19,20)/b9-7+. The Labute approximate surface area is 130 Å². The Bertz CT molecular complexity index is 671. The third-order valence-electron chi connectivity index (χ3n) is 3.63. The van der Waals surface area contributed by atoms with E-state index in [2.05, 4.69) is 24.4 Å². The Morgan fingerprint density at radius 2 is 2.00 bits per heavy atom. The molecule has 3 rings (SSSR count). The fourth-order valence-corrected chi connectivity index (χ4v) is 2.52. The van der Waals surface area contributed by atoms with E-state index in [1.54, 1.807) is 12.2 Å².